The van der Waals surface area contributed by atoms with Crippen molar-refractivity contribution < 1.29 is 21.4 Å². The van der Waals surface area contributed by atoms with Crippen LogP contribution in [0.1, 0.15) is 75.1 Å². The van der Waals surface area contributed by atoms with Gasteiger partial charge in [-0.2, -0.15) is 0 Å². The van der Waals surface area contributed by atoms with E-state index in [1.165, 1.54) is 44.9 Å². The van der Waals surface area contributed by atoms with Crippen molar-refractivity contribution >= 4 is 6.08 Å². The summed E-state index contributed by atoms with van der Waals surface area (Å²) in [5.41, 5.74) is 7.02. The van der Waals surface area contributed by atoms with Crippen molar-refractivity contribution in [2.75, 3.05) is 0 Å². The van der Waals surface area contributed by atoms with Gasteiger partial charge < -0.3 is 0 Å². The quantitative estimate of drug-likeness (QED) is 0.316. The van der Waals surface area contributed by atoms with Gasteiger partial charge in [-0.05, 0) is 0 Å². The molecule has 2 aliphatic carbocycles. The summed E-state index contributed by atoms with van der Waals surface area (Å²) in [6.07, 6.45) is 14.6. The van der Waals surface area contributed by atoms with Gasteiger partial charge in [-0.15, -0.1) is 0 Å². The molecule has 2 aliphatic rings. The molecule has 3 rings (SSSR count). The second-order valence-electron chi connectivity index (χ2n) is 8.84. The summed E-state index contributed by atoms with van der Waals surface area (Å²) in [5, 5.41) is 0. The number of unbranched alkanes of at least 4 members (excludes halogenated alkanes) is 3. The van der Waals surface area contributed by atoms with Crippen molar-refractivity contribution in [1.29, 1.82) is 0 Å². The molecular weight excluding hydrogens is 443 g/mol. The van der Waals surface area contributed by atoms with E-state index in [1.807, 2.05) is 0 Å². The molecule has 125 valence electrons. The van der Waals surface area contributed by atoms with Crippen molar-refractivity contribution in [3.63, 3.8) is 0 Å². The Hall–Kier alpha value is -0.170. The van der Waals surface area contributed by atoms with Gasteiger partial charge in [0.15, 0.2) is 0 Å². The zero-order chi connectivity index (χ0) is 16.7. The van der Waals surface area contributed by atoms with Crippen LogP contribution in [0.25, 0.3) is 6.08 Å². The summed E-state index contributed by atoms with van der Waals surface area (Å²) >= 11 is -1.58. The Morgan fingerprint density at radius 1 is 1.00 bits per heavy atom. The molecule has 0 fully saturated rings. The molecule has 0 amide bonds. The van der Waals surface area contributed by atoms with E-state index in [9.17, 15) is 0 Å². The third-order valence-electron chi connectivity index (χ3n) is 6.05. The van der Waals surface area contributed by atoms with Crippen molar-refractivity contribution in [2.45, 2.75) is 78.2 Å². The molecule has 0 N–H and O–H groups in total. The third kappa shape index (κ3) is 3.32. The summed E-state index contributed by atoms with van der Waals surface area (Å²) < 4.78 is 5.75. The van der Waals surface area contributed by atoms with Crippen LogP contribution in [0.3, 0.4) is 0 Å². The van der Waals surface area contributed by atoms with Crippen LogP contribution < -0.4 is 0 Å². The van der Waals surface area contributed by atoms with Crippen molar-refractivity contribution in [1.82, 2.24) is 0 Å². The fourth-order valence-electron chi connectivity index (χ4n) is 4.71. The summed E-state index contributed by atoms with van der Waals surface area (Å²) in [6.45, 7) is 7.16. The molecular formula is C22H33Hf. The molecule has 23 heavy (non-hydrogen) atoms. The van der Waals surface area contributed by atoms with Crippen molar-refractivity contribution in [3.05, 3.63) is 40.5 Å². The van der Waals surface area contributed by atoms with E-state index in [0.717, 1.165) is 0 Å². The minimum absolute atomic E-state index is 0.465. The molecule has 0 heterocycles. The molecule has 0 saturated carbocycles. The van der Waals surface area contributed by atoms with Crippen molar-refractivity contribution in [3.8, 4) is 0 Å². The monoisotopic (exact) mass is 477 g/mol. The van der Waals surface area contributed by atoms with Crippen LogP contribution in [0.5, 0.6) is 0 Å². The Kier molecular flexibility index (Phi) is 5.08. The number of hydrogen-bond donors (Lipinski definition) is 0. The standard InChI is InChI=1S/C20H27.2CH3.Hf/c1-4-5-6-7-8-15-9-10-16-11-17-13-20(2,3)14-18(17)12-19(15)16;;;/h9-12H,4-8,13-14H2,1-3H3;2*1H3;. The van der Waals surface area contributed by atoms with Gasteiger partial charge >= 0.3 is 152 Å². The molecule has 0 radical (unpaired) electrons. The van der Waals surface area contributed by atoms with E-state index >= 15 is 0 Å². The minimum atomic E-state index is -1.58. The SMILES string of the molecule is CCCCCC[C]1([Hf]([CH3])[CH3])C=Cc2cc3c(cc21)CC(C)(C)C3. The predicted molar refractivity (Wildman–Crippen MR) is 98.8 cm³/mol. The molecule has 0 aliphatic heterocycles. The summed E-state index contributed by atoms with van der Waals surface area (Å²) in [5.74, 6) is 0. The van der Waals surface area contributed by atoms with Gasteiger partial charge in [0.05, 0.1) is 0 Å². The molecule has 0 spiro atoms. The Morgan fingerprint density at radius 2 is 1.70 bits per heavy atom. The molecule has 1 unspecified atom stereocenters. The molecule has 0 bridgehead atoms. The van der Waals surface area contributed by atoms with Gasteiger partial charge in [-0.1, -0.05) is 0 Å². The number of fused-ring (bicyclic) bond motifs is 2. The molecule has 1 atom stereocenters. The van der Waals surface area contributed by atoms with Gasteiger partial charge in [0.1, 0.15) is 0 Å². The maximum absolute atomic E-state index is 2.64. The van der Waals surface area contributed by atoms with Crippen LogP contribution in [0, 0.1) is 5.41 Å². The first-order valence-electron chi connectivity index (χ1n) is 9.54. The Morgan fingerprint density at radius 3 is 2.35 bits per heavy atom. The number of rotatable bonds is 6. The first-order chi connectivity index (χ1) is 10.9. The number of allylic oxidation sites excluding steroid dienone is 1. The van der Waals surface area contributed by atoms with Crippen molar-refractivity contribution in [2.24, 2.45) is 5.41 Å². The summed E-state index contributed by atoms with van der Waals surface area (Å²) in [6, 6.07) is 5.18. The van der Waals surface area contributed by atoms with Crippen LogP contribution in [-0.2, 0) is 37.5 Å². The zero-order valence-electron chi connectivity index (χ0n) is 15.8. The predicted octanol–water partition coefficient (Wildman–Crippen LogP) is 6.72. The van der Waals surface area contributed by atoms with E-state index in [4.69, 9.17) is 0 Å². The average molecular weight is 476 g/mol. The van der Waals surface area contributed by atoms with Gasteiger partial charge in [0.25, 0.3) is 0 Å². The fourth-order valence-corrected chi connectivity index (χ4v) is 11.4. The zero-order valence-corrected chi connectivity index (χ0v) is 19.4. The molecule has 0 aromatic heterocycles. The fraction of sp³-hybridized carbons (Fsp3) is 0.636. The molecule has 1 aromatic rings. The van der Waals surface area contributed by atoms with E-state index in [-0.39, 0.29) is 0 Å². The second-order valence-corrected chi connectivity index (χ2v) is 19.2. The molecule has 0 saturated heterocycles. The first-order valence-corrected chi connectivity index (χ1v) is 18.5. The van der Waals surface area contributed by atoms with Crippen LogP contribution in [0.4, 0.5) is 0 Å². The topological polar surface area (TPSA) is 0 Å². The third-order valence-corrected chi connectivity index (χ3v) is 14.9. The first kappa shape index (κ1) is 17.6. The Balaban J connectivity index is 1.91. The van der Waals surface area contributed by atoms with Gasteiger partial charge in [0, 0.05) is 0 Å². The maximum atomic E-state index is 2.64. The summed E-state index contributed by atoms with van der Waals surface area (Å²) in [7, 11) is 0. The van der Waals surface area contributed by atoms with Gasteiger partial charge in [-0.3, -0.25) is 0 Å². The van der Waals surface area contributed by atoms with Gasteiger partial charge in [-0.25, -0.2) is 0 Å². The average Bonchev–Trinajstić information content (AvgIpc) is 2.97. The number of benzene rings is 1. The van der Waals surface area contributed by atoms with E-state index in [0.29, 0.717) is 8.59 Å². The van der Waals surface area contributed by atoms with Crippen LogP contribution in [-0.4, -0.2) is 0 Å². The molecule has 1 heteroatoms. The number of hydrogen-bond acceptors (Lipinski definition) is 0. The normalized spacial score (nSPS) is 23.9. The van der Waals surface area contributed by atoms with E-state index < -0.39 is 21.4 Å². The Bertz CT molecular complexity index is 609. The molecule has 1 aromatic carbocycles. The van der Waals surface area contributed by atoms with E-state index in [2.05, 4.69) is 54.4 Å². The second kappa shape index (κ2) is 6.62. The van der Waals surface area contributed by atoms with Crippen LogP contribution >= 0.6 is 0 Å². The van der Waals surface area contributed by atoms with Gasteiger partial charge in [0.2, 0.25) is 0 Å². The molecule has 0 nitrogen and oxygen atoms in total. The van der Waals surface area contributed by atoms with E-state index in [1.54, 1.807) is 22.3 Å². The van der Waals surface area contributed by atoms with Crippen LogP contribution in [0.2, 0.25) is 9.36 Å². The summed E-state index contributed by atoms with van der Waals surface area (Å²) in [4.78, 5) is 0. The Labute approximate surface area is 151 Å². The van der Waals surface area contributed by atoms with Crippen LogP contribution in [0.15, 0.2) is 18.2 Å².